The summed E-state index contributed by atoms with van der Waals surface area (Å²) in [5.74, 6) is 0.707. The maximum absolute atomic E-state index is 9.36. The average Bonchev–Trinajstić information content (AvgIpc) is 2.83. The predicted molar refractivity (Wildman–Crippen MR) is 62.0 cm³/mol. The van der Waals surface area contributed by atoms with E-state index in [1.165, 1.54) is 0 Å². The van der Waals surface area contributed by atoms with Gasteiger partial charge in [-0.15, -0.1) is 0 Å². The normalized spacial score (nSPS) is 11.0. The van der Waals surface area contributed by atoms with E-state index in [2.05, 4.69) is 15.2 Å². The number of hydrogen-bond donors (Lipinski definition) is 4. The number of H-pyrrole nitrogens is 2. The Kier molecular flexibility index (Phi) is 1.67. The number of phenols is 1. The molecule has 0 spiro atoms. The van der Waals surface area contributed by atoms with Crippen molar-refractivity contribution in [2.75, 3.05) is 5.73 Å². The van der Waals surface area contributed by atoms with Crippen molar-refractivity contribution in [2.24, 2.45) is 0 Å². The standard InChI is InChI=1S/C11H10N4O/c12-11-5-10(14-15-11)9-4-6-3-7(16)1-2-8(6)13-9/h1-5,13,16H,(H3,12,14,15). The number of benzene rings is 1. The lowest BCUT2D eigenvalue weighted by atomic mass is 10.2. The highest BCUT2D eigenvalue weighted by Crippen LogP contribution is 2.25. The minimum atomic E-state index is 0.252. The van der Waals surface area contributed by atoms with Gasteiger partial charge in [0.25, 0.3) is 0 Å². The number of rotatable bonds is 1. The van der Waals surface area contributed by atoms with Gasteiger partial charge in [0.15, 0.2) is 0 Å². The van der Waals surface area contributed by atoms with Crippen molar-refractivity contribution < 1.29 is 5.11 Å². The fourth-order valence-corrected chi connectivity index (χ4v) is 1.74. The van der Waals surface area contributed by atoms with E-state index in [1.807, 2.05) is 12.1 Å². The lowest BCUT2D eigenvalue weighted by Gasteiger charge is -1.90. The molecule has 0 radical (unpaired) electrons. The van der Waals surface area contributed by atoms with E-state index in [4.69, 9.17) is 5.73 Å². The first-order valence-electron chi connectivity index (χ1n) is 4.85. The molecule has 0 unspecified atom stereocenters. The summed E-state index contributed by atoms with van der Waals surface area (Å²) in [5, 5.41) is 17.0. The highest BCUT2D eigenvalue weighted by Gasteiger charge is 2.06. The average molecular weight is 214 g/mol. The van der Waals surface area contributed by atoms with Crippen molar-refractivity contribution in [1.82, 2.24) is 15.2 Å². The summed E-state index contributed by atoms with van der Waals surface area (Å²) in [5.41, 5.74) is 8.22. The fraction of sp³-hybridized carbons (Fsp3) is 0. The second-order valence-corrected chi connectivity index (χ2v) is 3.66. The number of aromatic hydroxyl groups is 1. The molecule has 5 nitrogen and oxygen atoms in total. The maximum Gasteiger partial charge on any atom is 0.145 e. The first-order chi connectivity index (χ1) is 7.72. The van der Waals surface area contributed by atoms with Crippen LogP contribution in [0.25, 0.3) is 22.3 Å². The highest BCUT2D eigenvalue weighted by molar-refractivity contribution is 5.86. The number of phenolic OH excluding ortho intramolecular Hbond substituents is 1. The molecule has 16 heavy (non-hydrogen) atoms. The van der Waals surface area contributed by atoms with Gasteiger partial charge in [0.05, 0.1) is 11.4 Å². The molecule has 3 aromatic rings. The summed E-state index contributed by atoms with van der Waals surface area (Å²) < 4.78 is 0. The molecule has 0 saturated carbocycles. The molecule has 5 heteroatoms. The quantitative estimate of drug-likeness (QED) is 0.498. The first kappa shape index (κ1) is 8.84. The van der Waals surface area contributed by atoms with Gasteiger partial charge in [-0.25, -0.2) is 0 Å². The van der Waals surface area contributed by atoms with Crippen LogP contribution in [-0.4, -0.2) is 20.3 Å². The molecular formula is C11H10N4O. The Hall–Kier alpha value is -2.43. The minimum Gasteiger partial charge on any atom is -0.508 e. The lowest BCUT2D eigenvalue weighted by Crippen LogP contribution is -1.81. The van der Waals surface area contributed by atoms with Crippen LogP contribution in [0.1, 0.15) is 0 Å². The summed E-state index contributed by atoms with van der Waals surface area (Å²) in [6.07, 6.45) is 0. The zero-order chi connectivity index (χ0) is 11.1. The maximum atomic E-state index is 9.36. The molecular weight excluding hydrogens is 204 g/mol. The van der Waals surface area contributed by atoms with Crippen LogP contribution in [-0.2, 0) is 0 Å². The number of nitrogens with two attached hydrogens (primary N) is 1. The minimum absolute atomic E-state index is 0.252. The van der Waals surface area contributed by atoms with Crippen molar-refractivity contribution >= 4 is 16.7 Å². The van der Waals surface area contributed by atoms with E-state index in [0.29, 0.717) is 5.82 Å². The first-order valence-corrected chi connectivity index (χ1v) is 4.85. The number of hydrogen-bond acceptors (Lipinski definition) is 3. The van der Waals surface area contributed by atoms with Crippen LogP contribution in [0.5, 0.6) is 5.75 Å². The van der Waals surface area contributed by atoms with E-state index in [1.54, 1.807) is 18.2 Å². The Labute approximate surface area is 90.9 Å². The van der Waals surface area contributed by atoms with Gasteiger partial charge in [-0.2, -0.15) is 5.10 Å². The third-order valence-electron chi connectivity index (χ3n) is 2.49. The van der Waals surface area contributed by atoms with E-state index in [9.17, 15) is 5.11 Å². The van der Waals surface area contributed by atoms with Crippen LogP contribution in [0.4, 0.5) is 5.82 Å². The van der Waals surface area contributed by atoms with Gasteiger partial charge in [0.1, 0.15) is 11.6 Å². The number of nitrogens with one attached hydrogen (secondary N) is 2. The number of aromatic amines is 2. The highest BCUT2D eigenvalue weighted by atomic mass is 16.3. The molecule has 80 valence electrons. The van der Waals surface area contributed by atoms with Crippen molar-refractivity contribution in [2.45, 2.75) is 0 Å². The predicted octanol–water partition coefficient (Wildman–Crippen LogP) is 1.85. The number of anilines is 1. The molecule has 0 fully saturated rings. The van der Waals surface area contributed by atoms with Crippen LogP contribution < -0.4 is 5.73 Å². The lowest BCUT2D eigenvalue weighted by molar-refractivity contribution is 0.476. The van der Waals surface area contributed by atoms with Crippen LogP contribution in [0, 0.1) is 0 Å². The second-order valence-electron chi connectivity index (χ2n) is 3.66. The summed E-state index contributed by atoms with van der Waals surface area (Å²) in [7, 11) is 0. The summed E-state index contributed by atoms with van der Waals surface area (Å²) in [6, 6.07) is 8.86. The van der Waals surface area contributed by atoms with E-state index in [0.717, 1.165) is 22.3 Å². The Balaban J connectivity index is 2.18. The third-order valence-corrected chi connectivity index (χ3v) is 2.49. The van der Waals surface area contributed by atoms with Gasteiger partial charge in [-0.3, -0.25) is 5.10 Å². The van der Waals surface area contributed by atoms with Crippen molar-refractivity contribution in [3.05, 3.63) is 30.3 Å². The zero-order valence-electron chi connectivity index (χ0n) is 8.36. The Bertz CT molecular complexity index is 653. The summed E-state index contributed by atoms with van der Waals surface area (Å²) in [6.45, 7) is 0. The van der Waals surface area contributed by atoms with Gasteiger partial charge >= 0.3 is 0 Å². The van der Waals surface area contributed by atoms with E-state index < -0.39 is 0 Å². The molecule has 2 heterocycles. The van der Waals surface area contributed by atoms with E-state index in [-0.39, 0.29) is 5.75 Å². The SMILES string of the molecule is Nc1cc(-c2cc3cc(O)ccc3[nH]2)[nH]n1. The zero-order valence-corrected chi connectivity index (χ0v) is 8.36. The molecule has 0 aliphatic carbocycles. The Morgan fingerprint density at radius 3 is 2.75 bits per heavy atom. The Morgan fingerprint density at radius 2 is 2.00 bits per heavy atom. The molecule has 0 amide bonds. The monoisotopic (exact) mass is 214 g/mol. The molecule has 5 N–H and O–H groups in total. The molecule has 2 aromatic heterocycles. The Morgan fingerprint density at radius 1 is 1.12 bits per heavy atom. The van der Waals surface area contributed by atoms with Gasteiger partial charge in [0, 0.05) is 17.0 Å². The summed E-state index contributed by atoms with van der Waals surface area (Å²) in [4.78, 5) is 3.21. The number of nitrogen functional groups attached to an aromatic ring is 1. The number of nitrogens with zero attached hydrogens (tertiary/aromatic N) is 1. The van der Waals surface area contributed by atoms with Gasteiger partial charge in [-0.1, -0.05) is 0 Å². The van der Waals surface area contributed by atoms with Crippen molar-refractivity contribution in [1.29, 1.82) is 0 Å². The molecule has 0 atom stereocenters. The topological polar surface area (TPSA) is 90.7 Å². The van der Waals surface area contributed by atoms with Crippen LogP contribution in [0.2, 0.25) is 0 Å². The molecule has 0 aliphatic rings. The number of fused-ring (bicyclic) bond motifs is 1. The molecule has 1 aromatic carbocycles. The largest absolute Gasteiger partial charge is 0.508 e. The van der Waals surface area contributed by atoms with Crippen LogP contribution in [0.3, 0.4) is 0 Å². The molecule has 0 aliphatic heterocycles. The smallest absolute Gasteiger partial charge is 0.145 e. The van der Waals surface area contributed by atoms with Gasteiger partial charge in [-0.05, 0) is 24.3 Å². The molecule has 0 bridgehead atoms. The van der Waals surface area contributed by atoms with Crippen LogP contribution >= 0.6 is 0 Å². The molecule has 3 rings (SSSR count). The van der Waals surface area contributed by atoms with Gasteiger partial charge in [0.2, 0.25) is 0 Å². The van der Waals surface area contributed by atoms with Crippen LogP contribution in [0.15, 0.2) is 30.3 Å². The van der Waals surface area contributed by atoms with Crippen molar-refractivity contribution in [3.63, 3.8) is 0 Å². The second kappa shape index (κ2) is 3.03. The summed E-state index contributed by atoms with van der Waals surface area (Å²) >= 11 is 0. The van der Waals surface area contributed by atoms with Crippen molar-refractivity contribution in [3.8, 4) is 17.1 Å². The molecule has 0 saturated heterocycles. The van der Waals surface area contributed by atoms with Gasteiger partial charge < -0.3 is 15.8 Å². The fourth-order valence-electron chi connectivity index (χ4n) is 1.74. The van der Waals surface area contributed by atoms with E-state index >= 15 is 0 Å². The third kappa shape index (κ3) is 1.30. The number of aromatic nitrogens is 3.